The van der Waals surface area contributed by atoms with Crippen molar-refractivity contribution in [1.29, 1.82) is 0 Å². The molecular formula is C11H12FNO. The van der Waals surface area contributed by atoms with Gasteiger partial charge in [0.1, 0.15) is 5.82 Å². The molecule has 0 bridgehead atoms. The smallest absolute Gasteiger partial charge is 0.147 e. The average molecular weight is 193 g/mol. The molecule has 14 heavy (non-hydrogen) atoms. The predicted octanol–water partition coefficient (Wildman–Crippen LogP) is 1.84. The van der Waals surface area contributed by atoms with Gasteiger partial charge in [0.15, 0.2) is 0 Å². The highest BCUT2D eigenvalue weighted by Gasteiger charge is 2.67. The Balaban J connectivity index is 2.01. The molecule has 1 N–H and O–H groups in total. The lowest BCUT2D eigenvalue weighted by Crippen LogP contribution is -2.15. The molecule has 0 amide bonds. The highest BCUT2D eigenvalue weighted by Crippen LogP contribution is 2.66. The third-order valence-corrected chi connectivity index (χ3v) is 3.74. The number of hydrogen-bond donors (Lipinski definition) is 1. The Morgan fingerprint density at radius 3 is 2.79 bits per heavy atom. The third kappa shape index (κ3) is 0.857. The van der Waals surface area contributed by atoms with Crippen molar-refractivity contribution in [2.45, 2.75) is 24.9 Å². The summed E-state index contributed by atoms with van der Waals surface area (Å²) in [5.41, 5.74) is -0.423. The van der Waals surface area contributed by atoms with E-state index in [0.717, 1.165) is 12.8 Å². The average Bonchev–Trinajstić information content (AvgIpc) is 2.63. The fourth-order valence-corrected chi connectivity index (χ4v) is 3.02. The SMILES string of the molecule is OC1(c2ccncc2F)C2CCCC21. The molecule has 2 nitrogen and oxygen atoms in total. The summed E-state index contributed by atoms with van der Waals surface area (Å²) in [6.07, 6.45) is 5.96. The zero-order chi connectivity index (χ0) is 9.76. The fraction of sp³-hybridized carbons (Fsp3) is 0.545. The Morgan fingerprint density at radius 1 is 1.43 bits per heavy atom. The Bertz CT molecular complexity index is 369. The van der Waals surface area contributed by atoms with Crippen LogP contribution in [0.2, 0.25) is 0 Å². The van der Waals surface area contributed by atoms with Crippen LogP contribution in [0.15, 0.2) is 18.5 Å². The number of fused-ring (bicyclic) bond motifs is 1. The molecular weight excluding hydrogens is 181 g/mol. The van der Waals surface area contributed by atoms with Gasteiger partial charge in [-0.2, -0.15) is 0 Å². The molecule has 0 radical (unpaired) electrons. The van der Waals surface area contributed by atoms with Gasteiger partial charge >= 0.3 is 0 Å². The van der Waals surface area contributed by atoms with E-state index in [-0.39, 0.29) is 5.82 Å². The Kier molecular flexibility index (Phi) is 1.52. The van der Waals surface area contributed by atoms with Crippen molar-refractivity contribution in [2.75, 3.05) is 0 Å². The van der Waals surface area contributed by atoms with Gasteiger partial charge in [-0.25, -0.2) is 4.39 Å². The molecule has 0 aromatic carbocycles. The maximum Gasteiger partial charge on any atom is 0.147 e. The molecule has 2 aliphatic carbocycles. The molecule has 2 atom stereocenters. The first-order valence-corrected chi connectivity index (χ1v) is 5.07. The predicted molar refractivity (Wildman–Crippen MR) is 48.9 cm³/mol. The van der Waals surface area contributed by atoms with Crippen LogP contribution in [0.3, 0.4) is 0 Å². The molecule has 3 heteroatoms. The largest absolute Gasteiger partial charge is 0.384 e. The van der Waals surface area contributed by atoms with Crippen molar-refractivity contribution in [3.63, 3.8) is 0 Å². The van der Waals surface area contributed by atoms with E-state index in [2.05, 4.69) is 4.98 Å². The Morgan fingerprint density at radius 2 is 2.14 bits per heavy atom. The van der Waals surface area contributed by atoms with Gasteiger partial charge in [0.2, 0.25) is 0 Å². The summed E-state index contributed by atoms with van der Waals surface area (Å²) >= 11 is 0. The molecule has 1 aromatic heterocycles. The molecule has 2 aliphatic rings. The molecule has 2 saturated carbocycles. The number of nitrogens with zero attached hydrogens (tertiary/aromatic N) is 1. The summed E-state index contributed by atoms with van der Waals surface area (Å²) in [7, 11) is 0. The zero-order valence-electron chi connectivity index (χ0n) is 7.78. The van der Waals surface area contributed by atoms with Gasteiger partial charge in [-0.15, -0.1) is 0 Å². The molecule has 3 rings (SSSR count). The lowest BCUT2D eigenvalue weighted by atomic mass is 10.00. The second-order valence-electron chi connectivity index (χ2n) is 4.32. The molecule has 0 spiro atoms. The lowest BCUT2D eigenvalue weighted by molar-refractivity contribution is 0.101. The van der Waals surface area contributed by atoms with E-state index in [9.17, 15) is 9.50 Å². The lowest BCUT2D eigenvalue weighted by Gasteiger charge is -2.14. The van der Waals surface area contributed by atoms with Crippen molar-refractivity contribution >= 4 is 0 Å². The van der Waals surface area contributed by atoms with Gasteiger partial charge in [0, 0.05) is 11.8 Å². The fourth-order valence-electron chi connectivity index (χ4n) is 3.02. The van der Waals surface area contributed by atoms with Gasteiger partial charge in [-0.05, 0) is 30.7 Å². The van der Waals surface area contributed by atoms with Crippen molar-refractivity contribution in [2.24, 2.45) is 11.8 Å². The summed E-state index contributed by atoms with van der Waals surface area (Å²) in [5, 5.41) is 10.3. The highest BCUT2D eigenvalue weighted by atomic mass is 19.1. The number of rotatable bonds is 1. The highest BCUT2D eigenvalue weighted by molar-refractivity contribution is 5.33. The molecule has 1 aromatic rings. The molecule has 2 fully saturated rings. The van der Waals surface area contributed by atoms with Crippen LogP contribution < -0.4 is 0 Å². The molecule has 74 valence electrons. The summed E-state index contributed by atoms with van der Waals surface area (Å²) in [5.74, 6) is 0.211. The molecule has 2 unspecified atom stereocenters. The van der Waals surface area contributed by atoms with Gasteiger partial charge in [-0.3, -0.25) is 4.98 Å². The standard InChI is InChI=1S/C11H12FNO/c12-10-6-13-5-4-9(10)11(14)7-2-1-3-8(7)11/h4-8,14H,1-3H2. The van der Waals surface area contributed by atoms with Crippen LogP contribution in [0.1, 0.15) is 24.8 Å². The van der Waals surface area contributed by atoms with E-state index in [1.54, 1.807) is 12.3 Å². The van der Waals surface area contributed by atoms with E-state index in [1.165, 1.54) is 12.6 Å². The van der Waals surface area contributed by atoms with Gasteiger partial charge in [-0.1, -0.05) is 6.42 Å². The topological polar surface area (TPSA) is 33.1 Å². The molecule has 1 heterocycles. The number of halogens is 1. The van der Waals surface area contributed by atoms with E-state index in [0.29, 0.717) is 17.4 Å². The number of aliphatic hydroxyl groups is 1. The normalized spacial score (nSPS) is 39.6. The first-order valence-electron chi connectivity index (χ1n) is 5.07. The van der Waals surface area contributed by atoms with Gasteiger partial charge in [0.25, 0.3) is 0 Å². The van der Waals surface area contributed by atoms with Crippen molar-refractivity contribution in [3.05, 3.63) is 29.8 Å². The minimum Gasteiger partial charge on any atom is -0.384 e. The first-order chi connectivity index (χ1) is 6.74. The quantitative estimate of drug-likeness (QED) is 0.738. The molecule has 0 aliphatic heterocycles. The van der Waals surface area contributed by atoms with Crippen LogP contribution in [0.4, 0.5) is 4.39 Å². The zero-order valence-corrected chi connectivity index (χ0v) is 7.78. The first kappa shape index (κ1) is 8.36. The summed E-state index contributed by atoms with van der Waals surface area (Å²) < 4.78 is 13.4. The summed E-state index contributed by atoms with van der Waals surface area (Å²) in [4.78, 5) is 3.69. The van der Waals surface area contributed by atoms with Gasteiger partial charge in [0.05, 0.1) is 11.8 Å². The Hall–Kier alpha value is -0.960. The van der Waals surface area contributed by atoms with E-state index >= 15 is 0 Å². The van der Waals surface area contributed by atoms with Crippen molar-refractivity contribution in [3.8, 4) is 0 Å². The van der Waals surface area contributed by atoms with Crippen molar-refractivity contribution < 1.29 is 9.50 Å². The van der Waals surface area contributed by atoms with Gasteiger partial charge < -0.3 is 5.11 Å². The van der Waals surface area contributed by atoms with Crippen LogP contribution in [0.25, 0.3) is 0 Å². The van der Waals surface area contributed by atoms with E-state index < -0.39 is 5.60 Å². The molecule has 0 saturated heterocycles. The van der Waals surface area contributed by atoms with Crippen LogP contribution in [0, 0.1) is 17.7 Å². The van der Waals surface area contributed by atoms with Crippen molar-refractivity contribution in [1.82, 2.24) is 4.98 Å². The summed E-state index contributed by atoms with van der Waals surface area (Å²) in [6.45, 7) is 0. The number of pyridine rings is 1. The van der Waals surface area contributed by atoms with Crippen LogP contribution in [0.5, 0.6) is 0 Å². The van der Waals surface area contributed by atoms with E-state index in [4.69, 9.17) is 0 Å². The maximum atomic E-state index is 13.4. The van der Waals surface area contributed by atoms with Crippen LogP contribution in [-0.2, 0) is 5.60 Å². The second kappa shape index (κ2) is 2.54. The minimum atomic E-state index is -0.870. The van der Waals surface area contributed by atoms with E-state index in [1.807, 2.05) is 0 Å². The Labute approximate surface area is 81.8 Å². The number of hydrogen-bond acceptors (Lipinski definition) is 2. The minimum absolute atomic E-state index is 0.291. The van der Waals surface area contributed by atoms with Crippen LogP contribution >= 0.6 is 0 Å². The van der Waals surface area contributed by atoms with Crippen LogP contribution in [-0.4, -0.2) is 10.1 Å². The second-order valence-corrected chi connectivity index (χ2v) is 4.32. The summed E-state index contributed by atoms with van der Waals surface area (Å²) in [6, 6.07) is 1.60. The maximum absolute atomic E-state index is 13.4. The monoisotopic (exact) mass is 193 g/mol. The third-order valence-electron chi connectivity index (χ3n) is 3.74. The number of aromatic nitrogens is 1.